The zero-order chi connectivity index (χ0) is 27.2. The van der Waals surface area contributed by atoms with E-state index in [9.17, 15) is 4.79 Å². The predicted molar refractivity (Wildman–Crippen MR) is 151 cm³/mol. The monoisotopic (exact) mass is 548 g/mol. The van der Waals surface area contributed by atoms with Crippen molar-refractivity contribution in [2.24, 2.45) is 0 Å². The van der Waals surface area contributed by atoms with E-state index in [4.69, 9.17) is 13.7 Å². The third kappa shape index (κ3) is 6.27. The molecular formula is C26H41FN4O4Si2. The molecule has 0 aliphatic carbocycles. The highest BCUT2D eigenvalue weighted by molar-refractivity contribution is 6.76. The Bertz CT molecular complexity index is 1300. The molecule has 37 heavy (non-hydrogen) atoms. The van der Waals surface area contributed by atoms with Gasteiger partial charge in [-0.15, -0.1) is 0 Å². The van der Waals surface area contributed by atoms with Gasteiger partial charge in [0.05, 0.1) is 17.3 Å². The van der Waals surface area contributed by atoms with Gasteiger partial charge in [-0.1, -0.05) is 45.6 Å². The van der Waals surface area contributed by atoms with Crippen molar-refractivity contribution < 1.29 is 18.1 Å². The summed E-state index contributed by atoms with van der Waals surface area (Å²) in [5.41, 5.74) is 1.88. The molecule has 0 amide bonds. The van der Waals surface area contributed by atoms with Crippen molar-refractivity contribution in [1.82, 2.24) is 14.7 Å². The van der Waals surface area contributed by atoms with Crippen LogP contribution < -0.4 is 10.7 Å². The van der Waals surface area contributed by atoms with E-state index in [1.54, 1.807) is 6.07 Å². The lowest BCUT2D eigenvalue weighted by Crippen LogP contribution is -2.44. The highest BCUT2D eigenvalue weighted by Crippen LogP contribution is 2.39. The first-order valence-corrected chi connectivity index (χ1v) is 19.7. The van der Waals surface area contributed by atoms with Crippen molar-refractivity contribution in [2.45, 2.75) is 83.8 Å². The van der Waals surface area contributed by atoms with Gasteiger partial charge in [-0.2, -0.15) is 0 Å². The van der Waals surface area contributed by atoms with E-state index in [0.29, 0.717) is 35.7 Å². The number of hydrogen-bond donors (Lipinski definition) is 1. The van der Waals surface area contributed by atoms with Crippen LogP contribution in [0.2, 0.25) is 43.8 Å². The number of anilines is 1. The molecule has 11 heteroatoms. The van der Waals surface area contributed by atoms with E-state index >= 15 is 4.39 Å². The van der Waals surface area contributed by atoms with Gasteiger partial charge >= 0.3 is 5.76 Å². The first-order chi connectivity index (χ1) is 17.1. The average Bonchev–Trinajstić information content (AvgIpc) is 3.48. The fourth-order valence-electron chi connectivity index (χ4n) is 4.36. The highest BCUT2D eigenvalue weighted by atomic mass is 28.4. The second-order valence-corrected chi connectivity index (χ2v) is 23.2. The van der Waals surface area contributed by atoms with Crippen LogP contribution in [0, 0.1) is 5.82 Å². The fraction of sp³-hybridized carbons (Fsp3) is 0.615. The SMILES string of the molecule is CC(C)(C)[Si](C)(C)O[C@H]1CCN(c2cc3c(-c4noc(=O)[nH]4)cn(COCC[Si](C)(C)C)c3cc2F)C1. The van der Waals surface area contributed by atoms with E-state index in [1.807, 2.05) is 16.8 Å². The molecule has 1 fully saturated rings. The molecule has 1 N–H and O–H groups in total. The minimum atomic E-state index is -1.92. The smallest absolute Gasteiger partial charge is 0.412 e. The molecule has 1 atom stereocenters. The fourth-order valence-corrected chi connectivity index (χ4v) is 6.50. The van der Waals surface area contributed by atoms with Gasteiger partial charge in [0.2, 0.25) is 0 Å². The molecule has 0 radical (unpaired) electrons. The maximum absolute atomic E-state index is 15.6. The molecule has 0 unspecified atom stereocenters. The Hall–Kier alpha value is -2.22. The van der Waals surface area contributed by atoms with Crippen LogP contribution in [-0.2, 0) is 15.9 Å². The second kappa shape index (κ2) is 10.2. The van der Waals surface area contributed by atoms with Crippen LogP contribution in [0.4, 0.5) is 10.1 Å². The summed E-state index contributed by atoms with van der Waals surface area (Å²) in [5, 5.41) is 4.79. The van der Waals surface area contributed by atoms with Crippen LogP contribution in [0.1, 0.15) is 27.2 Å². The molecule has 1 saturated heterocycles. The molecule has 0 spiro atoms. The molecular weight excluding hydrogens is 507 g/mol. The Morgan fingerprint density at radius 1 is 1.22 bits per heavy atom. The molecule has 4 rings (SSSR count). The van der Waals surface area contributed by atoms with Gasteiger partial charge < -0.3 is 18.6 Å². The van der Waals surface area contributed by atoms with Gasteiger partial charge in [-0.25, -0.2) is 9.18 Å². The van der Waals surface area contributed by atoms with Crippen molar-refractivity contribution in [3.05, 3.63) is 34.7 Å². The van der Waals surface area contributed by atoms with Gasteiger partial charge in [-0.3, -0.25) is 9.51 Å². The highest BCUT2D eigenvalue weighted by Gasteiger charge is 2.40. The lowest BCUT2D eigenvalue weighted by Gasteiger charge is -2.38. The van der Waals surface area contributed by atoms with Crippen LogP contribution >= 0.6 is 0 Å². The van der Waals surface area contributed by atoms with Gasteiger partial charge in [0.25, 0.3) is 0 Å². The Kier molecular flexibility index (Phi) is 7.64. The lowest BCUT2D eigenvalue weighted by atomic mass is 10.1. The van der Waals surface area contributed by atoms with Crippen LogP contribution in [0.15, 0.2) is 27.6 Å². The van der Waals surface area contributed by atoms with Crippen LogP contribution in [0.25, 0.3) is 22.3 Å². The molecule has 0 bridgehead atoms. The van der Waals surface area contributed by atoms with Gasteiger partial charge in [0.15, 0.2) is 14.1 Å². The normalized spacial score (nSPS) is 17.3. The summed E-state index contributed by atoms with van der Waals surface area (Å²) in [6.45, 7) is 20.4. The quantitative estimate of drug-likeness (QED) is 0.259. The number of aromatic nitrogens is 3. The van der Waals surface area contributed by atoms with Crippen LogP contribution in [0.5, 0.6) is 0 Å². The maximum Gasteiger partial charge on any atom is 0.439 e. The van der Waals surface area contributed by atoms with E-state index < -0.39 is 22.1 Å². The molecule has 1 aromatic carbocycles. The van der Waals surface area contributed by atoms with E-state index in [-0.39, 0.29) is 23.7 Å². The maximum atomic E-state index is 15.6. The van der Waals surface area contributed by atoms with E-state index in [1.165, 1.54) is 0 Å². The summed E-state index contributed by atoms with van der Waals surface area (Å²) in [5.74, 6) is -0.606. The summed E-state index contributed by atoms with van der Waals surface area (Å²) in [7, 11) is -3.15. The molecule has 3 heterocycles. The number of benzene rings is 1. The Balaban J connectivity index is 1.62. The standard InChI is InChI=1S/C26H41FN4O4Si2/c1-26(2,3)37(7,8)35-18-9-10-30(15-18)23-13-19-20(24-28-25(32)34-29-24)16-31(22(19)14-21(23)27)17-33-11-12-36(4,5)6/h13-14,16,18H,9-12,15,17H2,1-8H3,(H,28,29,32)/t18-/m0/s1. The number of fused-ring (bicyclic) bond motifs is 1. The number of nitrogens with zero attached hydrogens (tertiary/aromatic N) is 3. The summed E-state index contributed by atoms with van der Waals surface area (Å²) in [4.78, 5) is 16.4. The van der Waals surface area contributed by atoms with Crippen molar-refractivity contribution >= 4 is 33.0 Å². The first kappa shape index (κ1) is 27.8. The van der Waals surface area contributed by atoms with Crippen LogP contribution in [-0.4, -0.2) is 56.9 Å². The summed E-state index contributed by atoms with van der Waals surface area (Å²) in [6, 6.07) is 4.44. The van der Waals surface area contributed by atoms with Gasteiger partial charge in [-0.05, 0) is 36.7 Å². The number of nitrogens with one attached hydrogen (secondary N) is 1. The largest absolute Gasteiger partial charge is 0.439 e. The summed E-state index contributed by atoms with van der Waals surface area (Å²) in [6.07, 6.45) is 2.77. The zero-order valence-electron chi connectivity index (χ0n) is 23.4. The number of aromatic amines is 1. The molecule has 1 aliphatic heterocycles. The minimum absolute atomic E-state index is 0.0757. The van der Waals surface area contributed by atoms with Crippen molar-refractivity contribution in [3.63, 3.8) is 0 Å². The van der Waals surface area contributed by atoms with E-state index in [2.05, 4.69) is 68.5 Å². The third-order valence-corrected chi connectivity index (χ3v) is 13.9. The second-order valence-electron chi connectivity index (χ2n) is 12.9. The van der Waals surface area contributed by atoms with Crippen molar-refractivity contribution in [2.75, 3.05) is 24.6 Å². The minimum Gasteiger partial charge on any atom is -0.412 e. The van der Waals surface area contributed by atoms with Crippen molar-refractivity contribution in [3.8, 4) is 11.4 Å². The molecule has 3 aromatic rings. The van der Waals surface area contributed by atoms with Crippen molar-refractivity contribution in [1.29, 1.82) is 0 Å². The Labute approximate surface area is 220 Å². The number of halogens is 1. The molecule has 8 nitrogen and oxygen atoms in total. The summed E-state index contributed by atoms with van der Waals surface area (Å²) < 4.78 is 34.7. The Morgan fingerprint density at radius 3 is 2.57 bits per heavy atom. The number of rotatable bonds is 9. The lowest BCUT2D eigenvalue weighted by molar-refractivity contribution is 0.0903. The average molecular weight is 549 g/mol. The number of H-pyrrole nitrogens is 1. The third-order valence-electron chi connectivity index (χ3n) is 7.63. The van der Waals surface area contributed by atoms with Gasteiger partial charge in [0.1, 0.15) is 12.5 Å². The van der Waals surface area contributed by atoms with Crippen LogP contribution in [0.3, 0.4) is 0 Å². The summed E-state index contributed by atoms with van der Waals surface area (Å²) >= 11 is 0. The predicted octanol–water partition coefficient (Wildman–Crippen LogP) is 6.04. The first-order valence-electron chi connectivity index (χ1n) is 13.0. The molecule has 0 saturated carbocycles. The van der Waals surface area contributed by atoms with Gasteiger partial charge in [0, 0.05) is 51.0 Å². The number of ether oxygens (including phenoxy) is 1. The molecule has 1 aliphatic rings. The topological polar surface area (TPSA) is 85.5 Å². The molecule has 204 valence electrons. The zero-order valence-corrected chi connectivity index (χ0v) is 25.4. The Morgan fingerprint density at radius 2 is 1.95 bits per heavy atom. The number of hydrogen-bond acceptors (Lipinski definition) is 6. The molecule has 2 aromatic heterocycles. The van der Waals surface area contributed by atoms with E-state index in [0.717, 1.165) is 24.4 Å².